The zero-order chi connectivity index (χ0) is 10.7. The first-order chi connectivity index (χ1) is 7.27. The summed E-state index contributed by atoms with van der Waals surface area (Å²) in [6, 6.07) is 0. The highest BCUT2D eigenvalue weighted by molar-refractivity contribution is 5.73. The number of carboxylic acids is 1. The zero-order valence-electron chi connectivity index (χ0n) is 7.92. The molecule has 1 aliphatic carbocycles. The van der Waals surface area contributed by atoms with Crippen LogP contribution in [0.2, 0.25) is 0 Å². The van der Waals surface area contributed by atoms with Gasteiger partial charge in [-0.25, -0.2) is 4.79 Å². The first-order valence-electron chi connectivity index (χ1n) is 4.55. The highest BCUT2D eigenvalue weighted by Crippen LogP contribution is 2.21. The molecule has 0 saturated heterocycles. The Morgan fingerprint density at radius 1 is 1.20 bits per heavy atom. The molecule has 4 heteroatoms. The average Bonchev–Trinajstić information content (AvgIpc) is 2.18. The van der Waals surface area contributed by atoms with Gasteiger partial charge >= 0.3 is 5.97 Å². The lowest BCUT2D eigenvalue weighted by atomic mass is 10.2. The van der Waals surface area contributed by atoms with Crippen molar-refractivity contribution in [2.75, 3.05) is 6.61 Å². The van der Waals surface area contributed by atoms with E-state index in [2.05, 4.69) is 0 Å². The van der Waals surface area contributed by atoms with Gasteiger partial charge in [0.25, 0.3) is 0 Å². The minimum Gasteiger partial charge on any atom is -0.485 e. The van der Waals surface area contributed by atoms with Crippen molar-refractivity contribution in [3.63, 3.8) is 0 Å². The van der Waals surface area contributed by atoms with Crippen LogP contribution >= 0.6 is 0 Å². The summed E-state index contributed by atoms with van der Waals surface area (Å²) in [6.45, 7) is 0.0378. The van der Waals surface area contributed by atoms with E-state index in [0.717, 1.165) is 0 Å². The van der Waals surface area contributed by atoms with Crippen molar-refractivity contribution in [2.45, 2.75) is 6.10 Å². The lowest BCUT2D eigenvalue weighted by molar-refractivity contribution is -0.152. The molecule has 0 fully saturated rings. The van der Waals surface area contributed by atoms with Crippen LogP contribution in [0.5, 0.6) is 0 Å². The van der Waals surface area contributed by atoms with E-state index in [1.54, 1.807) is 18.2 Å². The van der Waals surface area contributed by atoms with Gasteiger partial charge in [0.2, 0.25) is 6.10 Å². The summed E-state index contributed by atoms with van der Waals surface area (Å²) in [4.78, 5) is 10.7. The number of allylic oxidation sites excluding steroid dienone is 6. The van der Waals surface area contributed by atoms with Crippen LogP contribution < -0.4 is 0 Å². The van der Waals surface area contributed by atoms with Gasteiger partial charge in [-0.05, 0) is 12.2 Å². The molecule has 0 saturated carbocycles. The van der Waals surface area contributed by atoms with Crippen molar-refractivity contribution in [3.8, 4) is 0 Å². The number of hydrogen-bond acceptors (Lipinski definition) is 3. The molecule has 2 aliphatic rings. The highest BCUT2D eigenvalue weighted by atomic mass is 16.6. The van der Waals surface area contributed by atoms with Gasteiger partial charge < -0.3 is 14.6 Å². The molecule has 1 heterocycles. The second-order valence-electron chi connectivity index (χ2n) is 3.09. The van der Waals surface area contributed by atoms with Crippen LogP contribution in [0.4, 0.5) is 0 Å². The Balaban J connectivity index is 2.23. The summed E-state index contributed by atoms with van der Waals surface area (Å²) in [5, 5.41) is 8.77. The molecular weight excluding hydrogens is 196 g/mol. The normalized spacial score (nSPS) is 23.6. The van der Waals surface area contributed by atoms with E-state index in [1.807, 2.05) is 18.2 Å². The minimum atomic E-state index is -1.02. The molecule has 0 aromatic heterocycles. The van der Waals surface area contributed by atoms with Crippen molar-refractivity contribution in [2.24, 2.45) is 0 Å². The summed E-state index contributed by atoms with van der Waals surface area (Å²) in [6.07, 6.45) is 9.76. The molecule has 15 heavy (non-hydrogen) atoms. The molecule has 0 spiro atoms. The Morgan fingerprint density at radius 3 is 2.53 bits per heavy atom. The summed E-state index contributed by atoms with van der Waals surface area (Å²) in [7, 11) is 0. The second-order valence-corrected chi connectivity index (χ2v) is 3.09. The minimum absolute atomic E-state index is 0.0378. The molecule has 0 aromatic carbocycles. The number of hydrogen-bond donors (Lipinski definition) is 1. The van der Waals surface area contributed by atoms with Crippen LogP contribution in [0.1, 0.15) is 0 Å². The van der Waals surface area contributed by atoms with Gasteiger partial charge in [0.1, 0.15) is 6.61 Å². The van der Waals surface area contributed by atoms with Crippen molar-refractivity contribution in [3.05, 3.63) is 48.0 Å². The highest BCUT2D eigenvalue weighted by Gasteiger charge is 2.26. The van der Waals surface area contributed by atoms with Gasteiger partial charge in [0, 0.05) is 0 Å². The predicted molar refractivity (Wildman–Crippen MR) is 52.9 cm³/mol. The quantitative estimate of drug-likeness (QED) is 0.704. The van der Waals surface area contributed by atoms with Gasteiger partial charge in [0.05, 0.1) is 0 Å². The lowest BCUT2D eigenvalue weighted by Crippen LogP contribution is -2.32. The van der Waals surface area contributed by atoms with Crippen LogP contribution in [-0.4, -0.2) is 23.8 Å². The fourth-order valence-corrected chi connectivity index (χ4v) is 1.27. The zero-order valence-corrected chi connectivity index (χ0v) is 7.92. The molecule has 1 unspecified atom stereocenters. The Kier molecular flexibility index (Phi) is 2.58. The first kappa shape index (κ1) is 9.58. The van der Waals surface area contributed by atoms with Gasteiger partial charge in [-0.2, -0.15) is 0 Å². The van der Waals surface area contributed by atoms with E-state index < -0.39 is 12.1 Å². The first-order valence-corrected chi connectivity index (χ1v) is 4.55. The third-order valence-corrected chi connectivity index (χ3v) is 2.01. The number of carbonyl (C=O) groups is 1. The van der Waals surface area contributed by atoms with E-state index in [4.69, 9.17) is 14.6 Å². The molecular formula is C11H10O4. The van der Waals surface area contributed by atoms with E-state index in [9.17, 15) is 4.79 Å². The molecule has 2 rings (SSSR count). The van der Waals surface area contributed by atoms with E-state index in [0.29, 0.717) is 11.5 Å². The van der Waals surface area contributed by atoms with E-state index >= 15 is 0 Å². The lowest BCUT2D eigenvalue weighted by Gasteiger charge is -2.24. The predicted octanol–water partition coefficient (Wildman–Crippen LogP) is 1.38. The summed E-state index contributed by atoms with van der Waals surface area (Å²) in [5.41, 5.74) is 0. The topological polar surface area (TPSA) is 55.8 Å². The summed E-state index contributed by atoms with van der Waals surface area (Å²) >= 11 is 0. The van der Waals surface area contributed by atoms with Crippen LogP contribution in [0, 0.1) is 0 Å². The third-order valence-electron chi connectivity index (χ3n) is 2.01. The van der Waals surface area contributed by atoms with Gasteiger partial charge in [0.15, 0.2) is 11.5 Å². The fraction of sp³-hybridized carbons (Fsp3) is 0.182. The fourth-order valence-electron chi connectivity index (χ4n) is 1.27. The standard InChI is InChI=1S/C11H10O4/c12-11(13)10-7-14-8-5-3-1-2-4-6-9(8)15-10/h1-6,10H,7H2,(H,12,13). The molecule has 0 aromatic rings. The maximum atomic E-state index is 10.7. The van der Waals surface area contributed by atoms with Crippen LogP contribution in [0.3, 0.4) is 0 Å². The van der Waals surface area contributed by atoms with Crippen molar-refractivity contribution in [1.29, 1.82) is 0 Å². The summed E-state index contributed by atoms with van der Waals surface area (Å²) < 4.78 is 10.6. The molecule has 1 atom stereocenters. The molecule has 0 bridgehead atoms. The van der Waals surface area contributed by atoms with Crippen molar-refractivity contribution >= 4 is 5.97 Å². The smallest absolute Gasteiger partial charge is 0.348 e. The maximum absolute atomic E-state index is 10.7. The van der Waals surface area contributed by atoms with Crippen molar-refractivity contribution < 1.29 is 19.4 Å². The molecule has 0 amide bonds. The molecule has 4 nitrogen and oxygen atoms in total. The van der Waals surface area contributed by atoms with Crippen LogP contribution in [0.15, 0.2) is 48.0 Å². The van der Waals surface area contributed by atoms with Gasteiger partial charge in [-0.15, -0.1) is 0 Å². The summed E-state index contributed by atoms with van der Waals surface area (Å²) in [5.74, 6) is -0.00104. The molecule has 0 radical (unpaired) electrons. The largest absolute Gasteiger partial charge is 0.485 e. The van der Waals surface area contributed by atoms with E-state index in [1.165, 1.54) is 0 Å². The van der Waals surface area contributed by atoms with Crippen molar-refractivity contribution in [1.82, 2.24) is 0 Å². The molecule has 78 valence electrons. The second kappa shape index (κ2) is 4.04. The Labute approximate surface area is 86.8 Å². The third kappa shape index (κ3) is 2.10. The van der Waals surface area contributed by atoms with Crippen LogP contribution in [-0.2, 0) is 14.3 Å². The Morgan fingerprint density at radius 2 is 1.87 bits per heavy atom. The maximum Gasteiger partial charge on any atom is 0.348 e. The van der Waals surface area contributed by atoms with Crippen LogP contribution in [0.25, 0.3) is 0 Å². The number of ether oxygens (including phenoxy) is 2. The number of rotatable bonds is 1. The van der Waals surface area contributed by atoms with Gasteiger partial charge in [-0.3, -0.25) is 0 Å². The Hall–Kier alpha value is -1.97. The SMILES string of the molecule is O=C(O)C1COC2=C(C=CC=CC=C2)O1. The number of aliphatic carboxylic acids is 1. The molecule has 1 aliphatic heterocycles. The number of carboxylic acid groups (broad SMARTS) is 1. The van der Waals surface area contributed by atoms with Gasteiger partial charge in [-0.1, -0.05) is 24.3 Å². The molecule has 1 N–H and O–H groups in total. The Bertz CT molecular complexity index is 387. The average molecular weight is 206 g/mol. The van der Waals surface area contributed by atoms with E-state index in [-0.39, 0.29) is 6.61 Å². The monoisotopic (exact) mass is 206 g/mol.